The third-order valence-corrected chi connectivity index (χ3v) is 3.62. The molecule has 0 spiro atoms. The maximum atomic E-state index is 9.48. The third kappa shape index (κ3) is 1.05. The number of fused-ring (bicyclic) bond motifs is 2. The van der Waals surface area contributed by atoms with E-state index in [-0.39, 0.29) is 6.10 Å². The Labute approximate surface area is 84.1 Å². The molecule has 0 amide bonds. The Morgan fingerprint density at radius 2 is 1.00 bits per heavy atom. The second-order valence-electron chi connectivity index (χ2n) is 4.34. The van der Waals surface area contributed by atoms with E-state index in [2.05, 4.69) is 36.5 Å². The molecule has 0 aromatic carbocycles. The summed E-state index contributed by atoms with van der Waals surface area (Å²) in [5.41, 5.74) is 0. The van der Waals surface area contributed by atoms with Crippen molar-refractivity contribution in [3.8, 4) is 0 Å². The summed E-state index contributed by atoms with van der Waals surface area (Å²) < 4.78 is 0. The molecule has 4 aliphatic rings. The van der Waals surface area contributed by atoms with Crippen LogP contribution in [0.3, 0.4) is 0 Å². The average molecular weight is 186 g/mol. The van der Waals surface area contributed by atoms with E-state index in [1.807, 2.05) is 12.2 Å². The van der Waals surface area contributed by atoms with Crippen LogP contribution >= 0.6 is 0 Å². The summed E-state index contributed by atoms with van der Waals surface area (Å²) in [6.07, 6.45) is 16.7. The van der Waals surface area contributed by atoms with Gasteiger partial charge in [0.25, 0.3) is 0 Å². The highest BCUT2D eigenvalue weighted by Crippen LogP contribution is 2.51. The Kier molecular flexibility index (Phi) is 1.74. The monoisotopic (exact) mass is 186 g/mol. The van der Waals surface area contributed by atoms with Crippen LogP contribution < -0.4 is 0 Å². The highest BCUT2D eigenvalue weighted by molar-refractivity contribution is 5.30. The number of hydrogen-bond acceptors (Lipinski definition) is 1. The van der Waals surface area contributed by atoms with E-state index in [1.165, 1.54) is 0 Å². The Bertz CT molecular complexity index is 306. The molecule has 1 heteroatoms. The minimum atomic E-state index is -0.379. The molecule has 4 bridgehead atoms. The molecule has 72 valence electrons. The van der Waals surface area contributed by atoms with Crippen molar-refractivity contribution < 1.29 is 5.11 Å². The van der Waals surface area contributed by atoms with Crippen molar-refractivity contribution in [2.45, 2.75) is 6.10 Å². The molecule has 0 atom stereocenters. The Morgan fingerprint density at radius 1 is 0.571 bits per heavy atom. The summed E-state index contributed by atoms with van der Waals surface area (Å²) in [7, 11) is 0. The van der Waals surface area contributed by atoms with Gasteiger partial charge in [-0.1, -0.05) is 48.6 Å². The second-order valence-corrected chi connectivity index (χ2v) is 4.34. The largest absolute Gasteiger partial charge is 0.385 e. The molecule has 0 aromatic heterocycles. The first-order valence-electron chi connectivity index (χ1n) is 5.26. The molecule has 1 nitrogen and oxygen atoms in total. The first-order chi connectivity index (χ1) is 6.86. The first-order valence-corrected chi connectivity index (χ1v) is 5.26. The molecule has 0 radical (unpaired) electrons. The zero-order valence-corrected chi connectivity index (χ0v) is 7.95. The fourth-order valence-electron chi connectivity index (χ4n) is 2.84. The molecular weight excluding hydrogens is 172 g/mol. The van der Waals surface area contributed by atoms with E-state index in [0.29, 0.717) is 23.7 Å². The van der Waals surface area contributed by atoms with Crippen LogP contribution in [0.1, 0.15) is 0 Å². The van der Waals surface area contributed by atoms with Crippen LogP contribution in [0.15, 0.2) is 48.6 Å². The molecule has 0 unspecified atom stereocenters. The zero-order chi connectivity index (χ0) is 9.54. The van der Waals surface area contributed by atoms with Gasteiger partial charge in [0.2, 0.25) is 0 Å². The average Bonchev–Trinajstić information content (AvgIpc) is 2.44. The predicted octanol–water partition coefficient (Wildman–Crippen LogP) is 2.08. The number of rotatable bonds is 0. The molecule has 0 heterocycles. The van der Waals surface area contributed by atoms with Crippen molar-refractivity contribution in [1.82, 2.24) is 0 Å². The van der Waals surface area contributed by atoms with E-state index >= 15 is 0 Å². The van der Waals surface area contributed by atoms with Gasteiger partial charge < -0.3 is 5.11 Å². The van der Waals surface area contributed by atoms with Crippen LogP contribution in [0.25, 0.3) is 0 Å². The van der Waals surface area contributed by atoms with Crippen molar-refractivity contribution in [2.24, 2.45) is 23.7 Å². The van der Waals surface area contributed by atoms with E-state index in [9.17, 15) is 5.11 Å². The lowest BCUT2D eigenvalue weighted by Crippen LogP contribution is -2.43. The van der Waals surface area contributed by atoms with Crippen LogP contribution in [-0.2, 0) is 0 Å². The summed E-state index contributed by atoms with van der Waals surface area (Å²) >= 11 is 0. The normalized spacial score (nSPS) is 52.5. The van der Waals surface area contributed by atoms with Crippen LogP contribution in [0.2, 0.25) is 0 Å². The number of aliphatic hydroxyl groups excluding tert-OH is 1. The van der Waals surface area contributed by atoms with Crippen molar-refractivity contribution in [1.29, 1.82) is 0 Å². The summed E-state index contributed by atoms with van der Waals surface area (Å²) in [5.74, 6) is 2.51. The molecule has 4 rings (SSSR count). The predicted molar refractivity (Wildman–Crippen MR) is 56.5 cm³/mol. The lowest BCUT2D eigenvalue weighted by atomic mass is 9.56. The van der Waals surface area contributed by atoms with Gasteiger partial charge in [0.15, 0.2) is 0 Å². The van der Waals surface area contributed by atoms with Gasteiger partial charge in [0.05, 0.1) is 6.10 Å². The van der Waals surface area contributed by atoms with Gasteiger partial charge in [-0.3, -0.25) is 0 Å². The zero-order valence-electron chi connectivity index (χ0n) is 7.95. The molecule has 0 saturated heterocycles. The van der Waals surface area contributed by atoms with E-state index in [4.69, 9.17) is 0 Å². The molecule has 0 aliphatic heterocycles. The minimum Gasteiger partial charge on any atom is -0.385 e. The van der Waals surface area contributed by atoms with Gasteiger partial charge in [0.1, 0.15) is 0 Å². The van der Waals surface area contributed by atoms with E-state index in [0.717, 1.165) is 0 Å². The highest BCUT2D eigenvalue weighted by Gasteiger charge is 2.45. The maximum absolute atomic E-state index is 9.48. The van der Waals surface area contributed by atoms with Crippen molar-refractivity contribution in [2.75, 3.05) is 0 Å². The Hall–Kier alpha value is -1.08. The van der Waals surface area contributed by atoms with Crippen molar-refractivity contribution in [3.05, 3.63) is 48.6 Å². The Balaban J connectivity index is 1.98. The molecule has 1 fully saturated rings. The molecule has 14 heavy (non-hydrogen) atoms. The molecular formula is C13H14O. The van der Waals surface area contributed by atoms with Gasteiger partial charge in [-0.25, -0.2) is 0 Å². The Morgan fingerprint density at radius 3 is 1.50 bits per heavy atom. The minimum absolute atomic E-state index is 0.379. The smallest absolute Gasteiger partial charge is 0.0902 e. The van der Waals surface area contributed by atoms with Gasteiger partial charge in [0, 0.05) is 0 Å². The van der Waals surface area contributed by atoms with Crippen molar-refractivity contribution in [3.63, 3.8) is 0 Å². The number of allylic oxidation sites excluding steroid dienone is 6. The third-order valence-electron chi connectivity index (χ3n) is 3.62. The number of aliphatic hydroxyl groups is 1. The van der Waals surface area contributed by atoms with Gasteiger partial charge in [-0.2, -0.15) is 0 Å². The lowest BCUT2D eigenvalue weighted by Gasteiger charge is -2.47. The molecule has 0 aromatic rings. The van der Waals surface area contributed by atoms with Crippen LogP contribution in [0.5, 0.6) is 0 Å². The fourth-order valence-corrected chi connectivity index (χ4v) is 2.84. The topological polar surface area (TPSA) is 20.2 Å². The maximum Gasteiger partial charge on any atom is 0.0902 e. The van der Waals surface area contributed by atoms with E-state index in [1.54, 1.807) is 0 Å². The summed E-state index contributed by atoms with van der Waals surface area (Å²) in [5, 5.41) is 9.48. The van der Waals surface area contributed by atoms with Crippen LogP contribution in [0.4, 0.5) is 0 Å². The number of hydrogen-bond donors (Lipinski definition) is 1. The SMILES string of the molecule is OC1/C=C\C2C3C=CC=CC2C3/C=C\1. The summed E-state index contributed by atoms with van der Waals surface area (Å²) in [6.45, 7) is 0. The van der Waals surface area contributed by atoms with Gasteiger partial charge >= 0.3 is 0 Å². The van der Waals surface area contributed by atoms with E-state index < -0.39 is 0 Å². The van der Waals surface area contributed by atoms with Gasteiger partial charge in [-0.05, 0) is 23.7 Å². The fraction of sp³-hybridized carbons (Fsp3) is 0.385. The van der Waals surface area contributed by atoms with Gasteiger partial charge in [-0.15, -0.1) is 0 Å². The van der Waals surface area contributed by atoms with Crippen LogP contribution in [0, 0.1) is 23.7 Å². The lowest BCUT2D eigenvalue weighted by molar-refractivity contribution is 0.121. The molecule has 1 saturated carbocycles. The standard InChI is InChI=1S/C13H14O/c14-9-5-7-12-10-3-1-2-4-11(12)13(10)8-6-9/h1-14H/b7-5-,8-6-. The quantitative estimate of drug-likeness (QED) is 0.574. The van der Waals surface area contributed by atoms with Crippen molar-refractivity contribution >= 4 is 0 Å². The molecule has 4 aliphatic carbocycles. The highest BCUT2D eigenvalue weighted by atomic mass is 16.3. The summed E-state index contributed by atoms with van der Waals surface area (Å²) in [4.78, 5) is 0. The van der Waals surface area contributed by atoms with Crippen LogP contribution in [-0.4, -0.2) is 11.2 Å². The summed E-state index contributed by atoms with van der Waals surface area (Å²) in [6, 6.07) is 0. The first kappa shape index (κ1) is 8.25. The second kappa shape index (κ2) is 2.96. The molecule has 1 N–H and O–H groups in total.